The lowest BCUT2D eigenvalue weighted by Gasteiger charge is -2.37. The zero-order valence-corrected chi connectivity index (χ0v) is 34.9. The van der Waals surface area contributed by atoms with E-state index in [2.05, 4.69) is 61.2 Å². The minimum absolute atomic E-state index is 0.00498. The highest BCUT2D eigenvalue weighted by Gasteiger charge is 2.37. The van der Waals surface area contributed by atoms with E-state index in [1.807, 2.05) is 48.2 Å². The van der Waals surface area contributed by atoms with Gasteiger partial charge < -0.3 is 35.1 Å². The Labute approximate surface area is 347 Å². The second kappa shape index (κ2) is 20.1. The number of aromatic hydroxyl groups is 2. The molecule has 0 saturated carbocycles. The van der Waals surface area contributed by atoms with Crippen molar-refractivity contribution in [1.29, 1.82) is 0 Å². The Balaban J connectivity index is 0.000000159. The van der Waals surface area contributed by atoms with Crippen molar-refractivity contribution in [2.24, 2.45) is 0 Å². The van der Waals surface area contributed by atoms with E-state index in [0.717, 1.165) is 94.3 Å². The fraction of sp³-hybridized carbons (Fsp3) is 0.442. The van der Waals surface area contributed by atoms with Crippen molar-refractivity contribution in [2.45, 2.75) is 51.9 Å². The van der Waals surface area contributed by atoms with E-state index in [0.29, 0.717) is 26.1 Å². The summed E-state index contributed by atoms with van der Waals surface area (Å²) >= 11 is 0. The highest BCUT2D eigenvalue weighted by atomic mass is 32.2. The average molecular weight is 829 g/mol. The number of aryl methyl sites for hydroxylation is 2. The van der Waals surface area contributed by atoms with Crippen LogP contribution in [0.15, 0.2) is 85.2 Å². The van der Waals surface area contributed by atoms with Crippen LogP contribution in [0, 0.1) is 13.8 Å². The number of nitrogens with one attached hydrogen (secondary N) is 1. The number of rotatable bonds is 9. The third kappa shape index (κ3) is 12.6. The Morgan fingerprint density at radius 2 is 1.12 bits per heavy atom. The van der Waals surface area contributed by atoms with Crippen LogP contribution in [0.3, 0.4) is 0 Å². The highest BCUT2D eigenvalue weighted by Crippen LogP contribution is 2.24. The molecule has 6 heterocycles. The molecule has 2 atom stereocenters. The molecule has 4 aliphatic rings. The zero-order chi connectivity index (χ0) is 41.9. The number of hydrogen-bond acceptors (Lipinski definition) is 13. The molecule has 2 aromatic heterocycles. The fourth-order valence-electron chi connectivity index (χ4n) is 7.50. The van der Waals surface area contributed by atoms with Gasteiger partial charge in [-0.25, -0.2) is 9.97 Å². The summed E-state index contributed by atoms with van der Waals surface area (Å²) in [6.45, 7) is 14.0. The number of amides is 2. The van der Waals surface area contributed by atoms with E-state index >= 15 is 0 Å². The van der Waals surface area contributed by atoms with Crippen LogP contribution in [0.1, 0.15) is 35.1 Å². The number of pyridine rings is 2. The lowest BCUT2D eigenvalue weighted by Crippen LogP contribution is -2.52. The summed E-state index contributed by atoms with van der Waals surface area (Å²) in [6.07, 6.45) is 4.38. The number of likely N-dealkylation sites (tertiary alicyclic amines) is 2. The smallest absolute Gasteiger partial charge is 0.265 e. The first kappa shape index (κ1) is 43.3. The van der Waals surface area contributed by atoms with Crippen molar-refractivity contribution in [3.05, 3.63) is 107 Å². The minimum Gasteiger partial charge on any atom is -0.506 e. The minimum atomic E-state index is -3.59. The van der Waals surface area contributed by atoms with E-state index in [1.165, 1.54) is 23.5 Å². The lowest BCUT2D eigenvalue weighted by atomic mass is 10.1. The molecule has 1 unspecified atom stereocenters. The normalized spacial score (nSPS) is 19.9. The number of nitrogens with zero attached hydrogens (tertiary/aromatic N) is 7. The van der Waals surface area contributed by atoms with Crippen LogP contribution < -0.4 is 15.1 Å². The summed E-state index contributed by atoms with van der Waals surface area (Å²) < 4.78 is 26.9. The SMILES string of the molecule is Cc1ccc(CN2CCC(N3CCN(c4ccc(O)cn4)CC3)C2=O)cc1.Cc1ccc(CN2CC[C@H](OS(C)(=O)=O)C2=O)cc1.Oc1ccc(N2CCNCC2)nc1. The molecule has 0 bridgehead atoms. The molecule has 8 rings (SSSR count). The molecular weight excluding hydrogens is 773 g/mol. The predicted octanol–water partition coefficient (Wildman–Crippen LogP) is 3.29. The molecule has 2 amide bonds. The van der Waals surface area contributed by atoms with Crippen LogP contribution in [-0.4, -0.2) is 139 Å². The first-order valence-corrected chi connectivity index (χ1v) is 21.9. The van der Waals surface area contributed by atoms with Crippen LogP contribution in [0.2, 0.25) is 0 Å². The molecule has 2 aromatic carbocycles. The number of piperazine rings is 2. The number of benzene rings is 2. The Bertz CT molecular complexity index is 2070. The summed E-state index contributed by atoms with van der Waals surface area (Å²) in [6, 6.07) is 23.4. The van der Waals surface area contributed by atoms with Gasteiger partial charge in [0.25, 0.3) is 16.0 Å². The fourth-order valence-corrected chi connectivity index (χ4v) is 8.10. The molecule has 316 valence electrons. The number of hydrogen-bond donors (Lipinski definition) is 3. The molecule has 16 heteroatoms. The molecule has 59 heavy (non-hydrogen) atoms. The van der Waals surface area contributed by atoms with E-state index in [9.17, 15) is 23.1 Å². The highest BCUT2D eigenvalue weighted by molar-refractivity contribution is 7.86. The van der Waals surface area contributed by atoms with Crippen LogP contribution >= 0.6 is 0 Å². The Kier molecular flexibility index (Phi) is 14.8. The number of aromatic nitrogens is 2. The zero-order valence-electron chi connectivity index (χ0n) is 34.1. The Morgan fingerprint density at radius 1 is 0.644 bits per heavy atom. The molecule has 4 fully saturated rings. The molecule has 0 aliphatic carbocycles. The van der Waals surface area contributed by atoms with Gasteiger partial charge in [-0.1, -0.05) is 59.7 Å². The monoisotopic (exact) mass is 828 g/mol. The van der Waals surface area contributed by atoms with Gasteiger partial charge in [-0.05, 0) is 55.7 Å². The van der Waals surface area contributed by atoms with Gasteiger partial charge >= 0.3 is 0 Å². The molecule has 4 aliphatic heterocycles. The summed E-state index contributed by atoms with van der Waals surface area (Å²) in [5, 5.41) is 21.7. The van der Waals surface area contributed by atoms with Gasteiger partial charge in [0.15, 0.2) is 6.10 Å². The van der Waals surface area contributed by atoms with Crippen molar-refractivity contribution < 1.29 is 32.4 Å². The number of carbonyl (C=O) groups excluding carboxylic acids is 2. The van der Waals surface area contributed by atoms with E-state index in [-0.39, 0.29) is 29.4 Å². The summed E-state index contributed by atoms with van der Waals surface area (Å²) in [5.74, 6) is 2.23. The van der Waals surface area contributed by atoms with Gasteiger partial charge in [0.2, 0.25) is 5.91 Å². The first-order chi connectivity index (χ1) is 28.3. The van der Waals surface area contributed by atoms with Crippen molar-refractivity contribution in [2.75, 3.05) is 81.5 Å². The summed E-state index contributed by atoms with van der Waals surface area (Å²) in [4.78, 5) is 43.7. The third-order valence-electron chi connectivity index (χ3n) is 10.8. The van der Waals surface area contributed by atoms with E-state index < -0.39 is 16.2 Å². The van der Waals surface area contributed by atoms with Gasteiger partial charge in [-0.3, -0.25) is 18.7 Å². The van der Waals surface area contributed by atoms with Gasteiger partial charge in [0.05, 0.1) is 24.7 Å². The predicted molar refractivity (Wildman–Crippen MR) is 227 cm³/mol. The van der Waals surface area contributed by atoms with Crippen LogP contribution in [0.4, 0.5) is 11.6 Å². The molecule has 4 saturated heterocycles. The Hall–Kier alpha value is -5.29. The molecule has 0 radical (unpaired) electrons. The summed E-state index contributed by atoms with van der Waals surface area (Å²) in [5.41, 5.74) is 4.62. The third-order valence-corrected chi connectivity index (χ3v) is 11.4. The quantitative estimate of drug-likeness (QED) is 0.210. The number of anilines is 2. The van der Waals surface area contributed by atoms with Crippen LogP contribution in [0.5, 0.6) is 11.5 Å². The van der Waals surface area contributed by atoms with Gasteiger partial charge in [0, 0.05) is 85.0 Å². The standard InChI is InChI=1S/C21H26N4O2.C13H17NO4S.C9H13N3O/c1-16-2-4-17(5-3-16)15-25-9-8-19(21(25)27)23-10-12-24(13-11-23)20-7-6-18(26)14-22-20;1-10-3-5-11(6-4-10)9-14-8-7-12(13(14)15)18-19(2,16)17;13-8-1-2-9(11-7-8)12-5-3-10-4-6-12/h2-7,14,19,26H,8-13,15H2,1H3;3-6,12H,7-9H2,1-2H3;1-2,7,10,13H,3-6H2/t;12-;/m.0./s1. The maximum atomic E-state index is 12.9. The van der Waals surface area contributed by atoms with Crippen LogP contribution in [-0.2, 0) is 37.0 Å². The van der Waals surface area contributed by atoms with Gasteiger partial charge in [-0.15, -0.1) is 0 Å². The number of carbonyl (C=O) groups is 2. The largest absolute Gasteiger partial charge is 0.506 e. The van der Waals surface area contributed by atoms with Crippen LogP contribution in [0.25, 0.3) is 0 Å². The maximum Gasteiger partial charge on any atom is 0.265 e. The summed E-state index contributed by atoms with van der Waals surface area (Å²) in [7, 11) is -3.59. The van der Waals surface area contributed by atoms with E-state index in [4.69, 9.17) is 9.29 Å². The van der Waals surface area contributed by atoms with Gasteiger partial charge in [-0.2, -0.15) is 8.42 Å². The lowest BCUT2D eigenvalue weighted by molar-refractivity contribution is -0.134. The molecule has 0 spiro atoms. The second-order valence-corrected chi connectivity index (χ2v) is 17.0. The first-order valence-electron chi connectivity index (χ1n) is 20.1. The maximum absolute atomic E-state index is 12.9. The van der Waals surface area contributed by atoms with Crippen molar-refractivity contribution in [3.8, 4) is 11.5 Å². The molecular formula is C43H56N8O7S. The van der Waals surface area contributed by atoms with Crippen molar-refractivity contribution >= 4 is 33.6 Å². The topological polar surface area (TPSA) is 172 Å². The Morgan fingerprint density at radius 3 is 1.59 bits per heavy atom. The van der Waals surface area contributed by atoms with E-state index in [1.54, 1.807) is 17.0 Å². The average Bonchev–Trinajstić information content (AvgIpc) is 3.76. The molecule has 15 nitrogen and oxygen atoms in total. The van der Waals surface area contributed by atoms with Crippen molar-refractivity contribution in [3.63, 3.8) is 0 Å². The van der Waals surface area contributed by atoms with Gasteiger partial charge in [0.1, 0.15) is 23.1 Å². The van der Waals surface area contributed by atoms with Crippen molar-refractivity contribution in [1.82, 2.24) is 30.0 Å². The molecule has 3 N–H and O–H groups in total. The second-order valence-electron chi connectivity index (χ2n) is 15.4. The molecule has 4 aromatic rings.